The summed E-state index contributed by atoms with van der Waals surface area (Å²) in [5.41, 5.74) is 5.15. The van der Waals surface area contributed by atoms with Gasteiger partial charge in [-0.3, -0.25) is 0 Å². The van der Waals surface area contributed by atoms with Gasteiger partial charge in [0.2, 0.25) is 0 Å². The van der Waals surface area contributed by atoms with Crippen LogP contribution < -0.4 is 10.6 Å². The molecule has 1 fully saturated rings. The van der Waals surface area contributed by atoms with Crippen LogP contribution in [0.2, 0.25) is 0 Å². The van der Waals surface area contributed by atoms with E-state index >= 15 is 0 Å². The van der Waals surface area contributed by atoms with Crippen LogP contribution in [-0.4, -0.2) is 23.2 Å². The number of benzene rings is 1. The van der Waals surface area contributed by atoms with Gasteiger partial charge in [-0.15, -0.1) is 0 Å². The molecule has 0 amide bonds. The summed E-state index contributed by atoms with van der Waals surface area (Å²) >= 11 is 3.06. The van der Waals surface area contributed by atoms with Crippen molar-refractivity contribution in [1.29, 1.82) is 0 Å². The van der Waals surface area contributed by atoms with Gasteiger partial charge < -0.3 is 15.7 Å². The summed E-state index contributed by atoms with van der Waals surface area (Å²) < 4.78 is 14.0. The summed E-state index contributed by atoms with van der Waals surface area (Å²) in [5, 5.41) is 9.33. The molecule has 1 aromatic rings. The highest BCUT2D eigenvalue weighted by molar-refractivity contribution is 9.10. The molecule has 4 nitrogen and oxygen atoms in total. The Hall–Kier alpha value is -1.30. The van der Waals surface area contributed by atoms with Crippen LogP contribution in [0.15, 0.2) is 16.6 Å². The molecule has 1 heterocycles. The molecule has 0 radical (unpaired) electrons. The highest BCUT2D eigenvalue weighted by Crippen LogP contribution is 2.39. The molecule has 98 valence electrons. The Morgan fingerprint density at radius 3 is 2.89 bits per heavy atom. The van der Waals surface area contributed by atoms with Gasteiger partial charge in [-0.25, -0.2) is 9.18 Å². The molecule has 1 aromatic carbocycles. The van der Waals surface area contributed by atoms with E-state index in [1.54, 1.807) is 24.0 Å². The Kier molecular flexibility index (Phi) is 3.23. The normalized spacial score (nSPS) is 23.4. The molecule has 1 atom stereocenters. The van der Waals surface area contributed by atoms with Gasteiger partial charge in [0, 0.05) is 6.54 Å². The summed E-state index contributed by atoms with van der Waals surface area (Å²) in [5.74, 6) is -1.46. The topological polar surface area (TPSA) is 66.6 Å². The third kappa shape index (κ3) is 1.84. The molecule has 0 bridgehead atoms. The van der Waals surface area contributed by atoms with Crippen LogP contribution in [0.25, 0.3) is 0 Å². The molecule has 1 saturated heterocycles. The Balaban J connectivity index is 2.49. The van der Waals surface area contributed by atoms with E-state index in [4.69, 9.17) is 5.73 Å². The van der Waals surface area contributed by atoms with Gasteiger partial charge in [-0.05, 0) is 47.8 Å². The number of halogens is 2. The lowest BCUT2D eigenvalue weighted by Gasteiger charge is -2.34. The monoisotopic (exact) mass is 316 g/mol. The standard InChI is InChI=1S/C12H14BrFN2O2/c1-12(11(17)18)5-2-6-16(12)8-4-3-7(13)9(14)10(8)15/h3-4H,2,5-6,15H2,1H3,(H,17,18)/t12-/m0/s1. The van der Waals surface area contributed by atoms with Crippen molar-refractivity contribution in [2.24, 2.45) is 0 Å². The zero-order valence-corrected chi connectivity index (χ0v) is 11.5. The zero-order chi connectivity index (χ0) is 13.5. The van der Waals surface area contributed by atoms with Crippen molar-refractivity contribution in [2.75, 3.05) is 17.2 Å². The van der Waals surface area contributed by atoms with Crippen molar-refractivity contribution in [2.45, 2.75) is 25.3 Å². The van der Waals surface area contributed by atoms with E-state index in [2.05, 4.69) is 15.9 Å². The first kappa shape index (κ1) is 13.1. The molecule has 6 heteroatoms. The first-order valence-electron chi connectivity index (χ1n) is 5.62. The predicted molar refractivity (Wildman–Crippen MR) is 71.1 cm³/mol. The second-order valence-corrected chi connectivity index (χ2v) is 5.48. The molecule has 3 N–H and O–H groups in total. The molecule has 0 aromatic heterocycles. The number of hydrogen-bond acceptors (Lipinski definition) is 3. The van der Waals surface area contributed by atoms with Gasteiger partial charge in [0.15, 0.2) is 5.82 Å². The average molecular weight is 317 g/mol. The maximum absolute atomic E-state index is 13.8. The zero-order valence-electron chi connectivity index (χ0n) is 9.91. The van der Waals surface area contributed by atoms with E-state index < -0.39 is 17.3 Å². The number of nitrogens with two attached hydrogens (primary N) is 1. The van der Waals surface area contributed by atoms with Crippen molar-refractivity contribution in [3.05, 3.63) is 22.4 Å². The lowest BCUT2D eigenvalue weighted by molar-refractivity contribution is -0.142. The maximum Gasteiger partial charge on any atom is 0.329 e. The number of carboxylic acid groups (broad SMARTS) is 1. The van der Waals surface area contributed by atoms with Gasteiger partial charge >= 0.3 is 5.97 Å². The van der Waals surface area contributed by atoms with E-state index in [-0.39, 0.29) is 10.2 Å². The maximum atomic E-state index is 13.8. The quantitative estimate of drug-likeness (QED) is 0.823. The lowest BCUT2D eigenvalue weighted by Crippen LogP contribution is -2.48. The molecular weight excluding hydrogens is 303 g/mol. The van der Waals surface area contributed by atoms with Crippen molar-refractivity contribution in [1.82, 2.24) is 0 Å². The second-order valence-electron chi connectivity index (χ2n) is 4.63. The number of nitrogens with zero attached hydrogens (tertiary/aromatic N) is 1. The van der Waals surface area contributed by atoms with Crippen molar-refractivity contribution in [3.8, 4) is 0 Å². The van der Waals surface area contributed by atoms with Crippen molar-refractivity contribution in [3.63, 3.8) is 0 Å². The smallest absolute Gasteiger partial charge is 0.329 e. The highest BCUT2D eigenvalue weighted by atomic mass is 79.9. The van der Waals surface area contributed by atoms with Crippen LogP contribution >= 0.6 is 15.9 Å². The minimum absolute atomic E-state index is 0.0150. The minimum Gasteiger partial charge on any atom is -0.480 e. The SMILES string of the molecule is C[C@@]1(C(=O)O)CCCN1c1ccc(Br)c(F)c1N. The number of nitrogen functional groups attached to an aromatic ring is 1. The summed E-state index contributed by atoms with van der Waals surface area (Å²) in [6, 6.07) is 3.19. The first-order valence-corrected chi connectivity index (χ1v) is 6.42. The lowest BCUT2D eigenvalue weighted by atomic mass is 9.98. The molecule has 0 unspecified atom stereocenters. The number of carboxylic acids is 1. The van der Waals surface area contributed by atoms with E-state index in [1.165, 1.54) is 0 Å². The molecule has 18 heavy (non-hydrogen) atoms. The second kappa shape index (κ2) is 4.42. The summed E-state index contributed by atoms with van der Waals surface area (Å²) in [6.45, 7) is 2.20. The third-order valence-electron chi connectivity index (χ3n) is 3.50. The van der Waals surface area contributed by atoms with E-state index in [1.807, 2.05) is 0 Å². The van der Waals surface area contributed by atoms with E-state index in [9.17, 15) is 14.3 Å². The minimum atomic E-state index is -1.02. The Labute approximate surface area is 113 Å². The highest BCUT2D eigenvalue weighted by Gasteiger charge is 2.44. The fourth-order valence-electron chi connectivity index (χ4n) is 2.36. The van der Waals surface area contributed by atoms with Crippen LogP contribution in [-0.2, 0) is 4.79 Å². The van der Waals surface area contributed by atoms with Crippen LogP contribution in [0.5, 0.6) is 0 Å². The number of anilines is 2. The predicted octanol–water partition coefficient (Wildman–Crippen LogP) is 2.61. The fraction of sp³-hybridized carbons (Fsp3) is 0.417. The van der Waals surface area contributed by atoms with Crippen molar-refractivity contribution < 1.29 is 14.3 Å². The van der Waals surface area contributed by atoms with Gasteiger partial charge in [0.1, 0.15) is 5.54 Å². The fourth-order valence-corrected chi connectivity index (χ4v) is 2.71. The largest absolute Gasteiger partial charge is 0.480 e. The Morgan fingerprint density at radius 1 is 1.61 bits per heavy atom. The molecular formula is C12H14BrFN2O2. The van der Waals surface area contributed by atoms with Crippen molar-refractivity contribution >= 4 is 33.3 Å². The molecule has 0 saturated carbocycles. The molecule has 2 rings (SSSR count). The van der Waals surface area contributed by atoms with E-state index in [0.29, 0.717) is 18.7 Å². The summed E-state index contributed by atoms with van der Waals surface area (Å²) in [4.78, 5) is 13.1. The molecule has 1 aliphatic rings. The van der Waals surface area contributed by atoms with Gasteiger partial charge in [0.05, 0.1) is 15.8 Å². The molecule has 0 aliphatic carbocycles. The van der Waals surface area contributed by atoms with E-state index in [0.717, 1.165) is 6.42 Å². The average Bonchev–Trinajstić information content (AvgIpc) is 2.70. The number of rotatable bonds is 2. The van der Waals surface area contributed by atoms with Crippen LogP contribution in [0.3, 0.4) is 0 Å². The van der Waals surface area contributed by atoms with Gasteiger partial charge in [-0.1, -0.05) is 0 Å². The first-order chi connectivity index (χ1) is 8.38. The Morgan fingerprint density at radius 2 is 2.28 bits per heavy atom. The van der Waals surface area contributed by atoms with Gasteiger partial charge in [0.25, 0.3) is 0 Å². The number of aliphatic carboxylic acids is 1. The number of carbonyl (C=O) groups is 1. The summed E-state index contributed by atoms with van der Waals surface area (Å²) in [6.07, 6.45) is 1.28. The number of hydrogen-bond donors (Lipinski definition) is 2. The summed E-state index contributed by atoms with van der Waals surface area (Å²) in [7, 11) is 0. The molecule has 1 aliphatic heterocycles. The Bertz CT molecular complexity index is 509. The molecule has 0 spiro atoms. The van der Waals surface area contributed by atoms with Crippen LogP contribution in [0, 0.1) is 5.82 Å². The van der Waals surface area contributed by atoms with Crippen LogP contribution in [0.4, 0.5) is 15.8 Å². The van der Waals surface area contributed by atoms with Crippen LogP contribution in [0.1, 0.15) is 19.8 Å². The third-order valence-corrected chi connectivity index (χ3v) is 4.11. The van der Waals surface area contributed by atoms with Gasteiger partial charge in [-0.2, -0.15) is 0 Å².